The Morgan fingerprint density at radius 2 is 1.93 bits per heavy atom. The van der Waals surface area contributed by atoms with Gasteiger partial charge in [0.25, 0.3) is 11.5 Å². The molecule has 28 heavy (non-hydrogen) atoms. The molecule has 0 radical (unpaired) electrons. The van der Waals surface area contributed by atoms with Crippen LogP contribution in [0.4, 0.5) is 0 Å². The van der Waals surface area contributed by atoms with Crippen LogP contribution in [0.1, 0.15) is 10.4 Å². The molecule has 0 bridgehead atoms. The van der Waals surface area contributed by atoms with E-state index in [0.29, 0.717) is 48.7 Å². The number of piperazine rings is 1. The lowest BCUT2D eigenvalue weighted by Crippen LogP contribution is -2.46. The zero-order chi connectivity index (χ0) is 19.5. The van der Waals surface area contributed by atoms with Crippen LogP contribution in [0, 0.1) is 0 Å². The number of pyridine rings is 1. The maximum Gasteiger partial charge on any atom is 0.282 e. The first-order valence-corrected chi connectivity index (χ1v) is 9.36. The molecule has 0 aliphatic carbocycles. The van der Waals surface area contributed by atoms with Crippen molar-refractivity contribution in [2.75, 3.05) is 39.9 Å². The van der Waals surface area contributed by atoms with E-state index in [1.165, 1.54) is 4.68 Å². The van der Waals surface area contributed by atoms with Crippen LogP contribution < -0.4 is 10.9 Å². The molecule has 146 valence electrons. The number of para-hydroxylation sites is 1. The van der Waals surface area contributed by atoms with E-state index in [1.54, 1.807) is 24.4 Å². The van der Waals surface area contributed by atoms with E-state index in [4.69, 9.17) is 4.74 Å². The van der Waals surface area contributed by atoms with Gasteiger partial charge < -0.3 is 19.5 Å². The topological polar surface area (TPSA) is 81.4 Å². The van der Waals surface area contributed by atoms with Crippen LogP contribution in [0.15, 0.2) is 47.5 Å². The molecule has 1 amide bonds. The fourth-order valence-electron chi connectivity index (χ4n) is 3.42. The van der Waals surface area contributed by atoms with Crippen molar-refractivity contribution in [1.29, 1.82) is 0 Å². The van der Waals surface area contributed by atoms with E-state index in [1.807, 2.05) is 34.9 Å². The van der Waals surface area contributed by atoms with E-state index in [0.717, 1.165) is 13.1 Å². The molecule has 0 unspecified atom stereocenters. The Bertz CT molecular complexity index is 989. The average molecular weight is 381 g/mol. The number of fused-ring (bicyclic) bond motifs is 1. The summed E-state index contributed by atoms with van der Waals surface area (Å²) in [6.45, 7) is 3.82. The Balaban J connectivity index is 1.84. The van der Waals surface area contributed by atoms with E-state index < -0.39 is 0 Å². The second kappa shape index (κ2) is 7.95. The van der Waals surface area contributed by atoms with E-state index in [2.05, 4.69) is 10.4 Å². The number of nitrogens with one attached hydrogen (secondary N) is 1. The standard InChI is InChI=1S/C20H23N5O3/c1-28-12-11-23-13-16(19(26)24-9-7-21-8-10-24)18-17(14-23)20(27)25(22-18)15-5-3-2-4-6-15/h2-6,13-14,21H,7-12H2,1H3. The Morgan fingerprint density at radius 1 is 1.18 bits per heavy atom. The number of hydrogen-bond donors (Lipinski definition) is 1. The number of amides is 1. The maximum absolute atomic E-state index is 13.2. The van der Waals surface area contributed by atoms with Crippen molar-refractivity contribution in [3.8, 4) is 16.9 Å². The van der Waals surface area contributed by atoms with E-state index in [9.17, 15) is 9.59 Å². The zero-order valence-electron chi connectivity index (χ0n) is 15.8. The van der Waals surface area contributed by atoms with Gasteiger partial charge in [-0.2, -0.15) is 9.78 Å². The molecule has 4 rings (SSSR count). The molecular weight excluding hydrogens is 358 g/mol. The van der Waals surface area contributed by atoms with Crippen LogP contribution in [0.25, 0.3) is 16.9 Å². The molecule has 1 N–H and O–H groups in total. The highest BCUT2D eigenvalue weighted by Gasteiger charge is 2.27. The first kappa shape index (κ1) is 18.4. The summed E-state index contributed by atoms with van der Waals surface area (Å²) in [6, 6.07) is 9.24. The highest BCUT2D eigenvalue weighted by atomic mass is 16.5. The Hall–Kier alpha value is -2.97. The highest BCUT2D eigenvalue weighted by molar-refractivity contribution is 6.00. The highest BCUT2D eigenvalue weighted by Crippen LogP contribution is 2.24. The molecule has 8 heteroatoms. The van der Waals surface area contributed by atoms with Crippen molar-refractivity contribution in [2.45, 2.75) is 6.54 Å². The molecule has 1 aromatic rings. The largest absolute Gasteiger partial charge is 0.383 e. The lowest BCUT2D eigenvalue weighted by atomic mass is 10.1. The number of carbonyl (C=O) groups excluding carboxylic acids is 1. The summed E-state index contributed by atoms with van der Waals surface area (Å²) in [7, 11) is 1.62. The molecule has 0 saturated carbocycles. The lowest BCUT2D eigenvalue weighted by Gasteiger charge is -2.28. The molecule has 3 aliphatic heterocycles. The molecule has 1 saturated heterocycles. The SMILES string of the molecule is COCCn1cc(C(=O)N2CCNCC2)c2nn(-c3ccccc3)c(=O)c-2c1. The summed E-state index contributed by atoms with van der Waals surface area (Å²) in [4.78, 5) is 28.0. The third-order valence-corrected chi connectivity index (χ3v) is 4.91. The number of carbonyl (C=O) groups is 1. The molecule has 0 atom stereocenters. The summed E-state index contributed by atoms with van der Waals surface area (Å²) in [5, 5.41) is 7.76. The lowest BCUT2D eigenvalue weighted by molar-refractivity contribution is 0.0735. The van der Waals surface area contributed by atoms with Crippen molar-refractivity contribution in [3.63, 3.8) is 0 Å². The van der Waals surface area contributed by atoms with Gasteiger partial charge in [-0.15, -0.1) is 0 Å². The molecule has 3 heterocycles. The number of rotatable bonds is 5. The number of aromatic nitrogens is 3. The third kappa shape index (κ3) is 3.44. The Morgan fingerprint density at radius 3 is 2.64 bits per heavy atom. The fraction of sp³-hybridized carbons (Fsp3) is 0.350. The minimum absolute atomic E-state index is 0.101. The molecule has 3 aliphatic rings. The van der Waals surface area contributed by atoms with Crippen molar-refractivity contribution in [3.05, 3.63) is 58.6 Å². The van der Waals surface area contributed by atoms with Crippen LogP contribution in [0.3, 0.4) is 0 Å². The number of benzene rings is 1. The van der Waals surface area contributed by atoms with Crippen molar-refractivity contribution >= 4 is 5.91 Å². The van der Waals surface area contributed by atoms with E-state index in [-0.39, 0.29) is 11.5 Å². The van der Waals surface area contributed by atoms with Gasteiger partial charge in [0.05, 0.1) is 23.4 Å². The van der Waals surface area contributed by atoms with Crippen LogP contribution >= 0.6 is 0 Å². The monoisotopic (exact) mass is 381 g/mol. The van der Waals surface area contributed by atoms with Gasteiger partial charge >= 0.3 is 0 Å². The molecule has 8 nitrogen and oxygen atoms in total. The van der Waals surface area contributed by atoms with Gasteiger partial charge in [-0.05, 0) is 12.1 Å². The predicted molar refractivity (Wildman–Crippen MR) is 105 cm³/mol. The molecule has 1 fully saturated rings. The summed E-state index contributed by atoms with van der Waals surface area (Å²) in [5.74, 6) is -0.101. The zero-order valence-corrected chi connectivity index (χ0v) is 15.8. The number of nitrogens with zero attached hydrogens (tertiary/aromatic N) is 4. The molecule has 0 aromatic heterocycles. The van der Waals surface area contributed by atoms with Crippen LogP contribution in [0.2, 0.25) is 0 Å². The van der Waals surface area contributed by atoms with E-state index >= 15 is 0 Å². The molecule has 1 aromatic carbocycles. The minimum Gasteiger partial charge on any atom is -0.383 e. The number of hydrogen-bond acceptors (Lipinski definition) is 5. The van der Waals surface area contributed by atoms with Crippen LogP contribution in [-0.4, -0.2) is 65.1 Å². The summed E-state index contributed by atoms with van der Waals surface area (Å²) >= 11 is 0. The predicted octanol–water partition coefficient (Wildman–Crippen LogP) is 0.831. The van der Waals surface area contributed by atoms with Gasteiger partial charge in [0.15, 0.2) is 0 Å². The third-order valence-electron chi connectivity index (χ3n) is 4.91. The summed E-state index contributed by atoms with van der Waals surface area (Å²) in [5.41, 5.74) is 1.75. The quantitative estimate of drug-likeness (QED) is 0.708. The fourth-order valence-corrected chi connectivity index (χ4v) is 3.42. The van der Waals surface area contributed by atoms with Crippen molar-refractivity contribution < 1.29 is 9.53 Å². The number of ether oxygens (including phenoxy) is 1. The Kier molecular flexibility index (Phi) is 5.23. The normalized spacial score (nSPS) is 14.5. The Labute approximate surface area is 162 Å². The van der Waals surface area contributed by atoms with Gasteiger partial charge in [-0.1, -0.05) is 18.2 Å². The molecular formula is C20H23N5O3. The molecule has 0 spiro atoms. The van der Waals surface area contributed by atoms with Crippen molar-refractivity contribution in [1.82, 2.24) is 24.6 Å². The van der Waals surface area contributed by atoms with Crippen molar-refractivity contribution in [2.24, 2.45) is 0 Å². The summed E-state index contributed by atoms with van der Waals surface area (Å²) < 4.78 is 8.35. The van der Waals surface area contributed by atoms with Gasteiger partial charge in [0, 0.05) is 52.2 Å². The van der Waals surface area contributed by atoms with Crippen LogP contribution in [0.5, 0.6) is 0 Å². The van der Waals surface area contributed by atoms with Gasteiger partial charge in [-0.3, -0.25) is 9.59 Å². The smallest absolute Gasteiger partial charge is 0.282 e. The average Bonchev–Trinajstić information content (AvgIpc) is 3.09. The van der Waals surface area contributed by atoms with Gasteiger partial charge in [0.1, 0.15) is 5.69 Å². The second-order valence-corrected chi connectivity index (χ2v) is 6.76. The second-order valence-electron chi connectivity index (χ2n) is 6.76. The first-order chi connectivity index (χ1) is 13.7. The number of methoxy groups -OCH3 is 1. The summed E-state index contributed by atoms with van der Waals surface area (Å²) in [6.07, 6.45) is 3.52. The van der Waals surface area contributed by atoms with Gasteiger partial charge in [0.2, 0.25) is 0 Å². The van der Waals surface area contributed by atoms with Crippen LogP contribution in [-0.2, 0) is 11.3 Å². The minimum atomic E-state index is -0.234. The first-order valence-electron chi connectivity index (χ1n) is 9.36. The maximum atomic E-state index is 13.2. The van der Waals surface area contributed by atoms with Gasteiger partial charge in [-0.25, -0.2) is 0 Å².